The van der Waals surface area contributed by atoms with Gasteiger partial charge in [0.1, 0.15) is 5.76 Å². The molecular weight excluding hydrogens is 454 g/mol. The first-order valence-corrected chi connectivity index (χ1v) is 11.6. The summed E-state index contributed by atoms with van der Waals surface area (Å²) in [5.74, 6) is 0.574. The summed E-state index contributed by atoms with van der Waals surface area (Å²) < 4.78 is 18.2. The van der Waals surface area contributed by atoms with Gasteiger partial charge in [-0.2, -0.15) is 0 Å². The summed E-state index contributed by atoms with van der Waals surface area (Å²) in [5.41, 5.74) is 0.927. The molecule has 1 aliphatic rings. The van der Waals surface area contributed by atoms with Crippen LogP contribution < -0.4 is 4.90 Å². The number of nitrogens with zero attached hydrogens (tertiary/aromatic N) is 3. The molecule has 1 atom stereocenters. The number of nitro groups is 1. The predicted octanol–water partition coefficient (Wildman–Crippen LogP) is 4.11. The van der Waals surface area contributed by atoms with Crippen LogP contribution in [-0.2, 0) is 16.6 Å². The van der Waals surface area contributed by atoms with E-state index >= 15 is 0 Å². The zero-order chi connectivity index (χ0) is 22.7. The molecule has 1 aromatic heterocycles. The first-order chi connectivity index (χ1) is 15.4. The number of rotatable bonds is 6. The first-order valence-electron chi connectivity index (χ1n) is 9.92. The van der Waals surface area contributed by atoms with Crippen LogP contribution in [0.1, 0.15) is 16.3 Å². The van der Waals surface area contributed by atoms with Gasteiger partial charge in [0.15, 0.2) is 5.76 Å². The summed E-state index contributed by atoms with van der Waals surface area (Å²) in [6.45, 7) is 2.20. The molecule has 0 N–H and O–H groups in total. The van der Waals surface area contributed by atoms with Gasteiger partial charge < -0.3 is 14.2 Å². The third kappa shape index (κ3) is 4.84. The minimum Gasteiger partial charge on any atom is -0.455 e. The fourth-order valence-electron chi connectivity index (χ4n) is 3.52. The Morgan fingerprint density at radius 1 is 1.03 bits per heavy atom. The Morgan fingerprint density at radius 3 is 2.38 bits per heavy atom. The second kappa shape index (κ2) is 9.54. The second-order valence-corrected chi connectivity index (χ2v) is 9.07. The lowest BCUT2D eigenvalue weighted by atomic mass is 10.2. The fourth-order valence-corrected chi connectivity index (χ4v) is 4.99. The van der Waals surface area contributed by atoms with Crippen molar-refractivity contribution >= 4 is 39.7 Å². The molecule has 10 heteroatoms. The van der Waals surface area contributed by atoms with E-state index in [4.69, 9.17) is 16.0 Å². The lowest BCUT2D eigenvalue weighted by molar-refractivity contribution is -0.384. The van der Waals surface area contributed by atoms with Crippen LogP contribution in [0.15, 0.2) is 70.0 Å². The van der Waals surface area contributed by atoms with E-state index in [1.165, 1.54) is 12.1 Å². The third-order valence-electron chi connectivity index (χ3n) is 5.22. The molecule has 1 fully saturated rings. The predicted molar refractivity (Wildman–Crippen MR) is 121 cm³/mol. The van der Waals surface area contributed by atoms with Crippen LogP contribution >= 0.6 is 11.6 Å². The summed E-state index contributed by atoms with van der Waals surface area (Å²) in [7, 11) is -1.38. The van der Waals surface area contributed by atoms with Crippen molar-refractivity contribution < 1.29 is 18.3 Å². The fraction of sp³-hybridized carbons (Fsp3) is 0.227. The highest BCUT2D eigenvalue weighted by Crippen LogP contribution is 2.24. The van der Waals surface area contributed by atoms with E-state index in [0.29, 0.717) is 41.9 Å². The highest BCUT2D eigenvalue weighted by atomic mass is 35.5. The van der Waals surface area contributed by atoms with Crippen LogP contribution in [0.3, 0.4) is 0 Å². The summed E-state index contributed by atoms with van der Waals surface area (Å²) in [6, 6.07) is 16.6. The molecule has 1 saturated heterocycles. The second-order valence-electron chi connectivity index (χ2n) is 7.24. The van der Waals surface area contributed by atoms with E-state index in [-0.39, 0.29) is 23.1 Å². The normalized spacial score (nSPS) is 14.9. The monoisotopic (exact) mass is 473 g/mol. The highest BCUT2D eigenvalue weighted by molar-refractivity contribution is 7.84. The van der Waals surface area contributed by atoms with Crippen molar-refractivity contribution in [3.63, 3.8) is 0 Å². The molecule has 1 aliphatic heterocycles. The Hall–Kier alpha value is -3.17. The van der Waals surface area contributed by atoms with Crippen molar-refractivity contribution in [1.82, 2.24) is 4.90 Å². The molecule has 0 unspecified atom stereocenters. The molecule has 0 radical (unpaired) electrons. The smallest absolute Gasteiger partial charge is 0.289 e. The largest absolute Gasteiger partial charge is 0.455 e. The molecule has 0 aliphatic carbocycles. The lowest BCUT2D eigenvalue weighted by Crippen LogP contribution is -2.48. The SMILES string of the molecule is O=C(c1ccc(C[S@](=O)c2ccccc2Cl)o1)N1CCN(c2ccc([N+](=O)[O-])cc2)CC1. The van der Waals surface area contributed by atoms with E-state index in [9.17, 15) is 19.1 Å². The molecule has 166 valence electrons. The Kier molecular flexibility index (Phi) is 6.57. The van der Waals surface area contributed by atoms with Crippen LogP contribution in [0.4, 0.5) is 11.4 Å². The number of furan rings is 1. The summed E-state index contributed by atoms with van der Waals surface area (Å²) in [5, 5.41) is 11.2. The molecule has 2 aromatic carbocycles. The standard InChI is InChI=1S/C22H20ClN3O5S/c23-19-3-1-2-4-21(19)32(30)15-18-9-10-20(31-18)22(27)25-13-11-24(12-14-25)16-5-7-17(8-6-16)26(28)29/h1-10H,11-15H2/t32-/m0/s1. The van der Waals surface area contributed by atoms with Gasteiger partial charge in [-0.3, -0.25) is 19.1 Å². The van der Waals surface area contributed by atoms with Gasteiger partial charge in [0.2, 0.25) is 0 Å². The number of hydrogen-bond acceptors (Lipinski definition) is 6. The van der Waals surface area contributed by atoms with Crippen LogP contribution in [-0.4, -0.2) is 46.1 Å². The van der Waals surface area contributed by atoms with E-state index < -0.39 is 15.7 Å². The first kappa shape index (κ1) is 22.0. The van der Waals surface area contributed by atoms with Crippen LogP contribution in [0.2, 0.25) is 5.02 Å². The summed E-state index contributed by atoms with van der Waals surface area (Å²) in [4.78, 5) is 27.5. The number of non-ortho nitro benzene ring substituents is 1. The van der Waals surface area contributed by atoms with Crippen molar-refractivity contribution in [1.29, 1.82) is 0 Å². The molecule has 3 aromatic rings. The molecule has 0 saturated carbocycles. The molecular formula is C22H20ClN3O5S. The Bertz CT molecular complexity index is 1160. The molecule has 8 nitrogen and oxygen atoms in total. The average Bonchev–Trinajstić information content (AvgIpc) is 3.27. The van der Waals surface area contributed by atoms with E-state index in [1.807, 2.05) is 0 Å². The van der Waals surface area contributed by atoms with Gasteiger partial charge in [-0.1, -0.05) is 23.7 Å². The maximum absolute atomic E-state index is 12.8. The van der Waals surface area contributed by atoms with Crippen LogP contribution in [0.5, 0.6) is 0 Å². The number of benzene rings is 2. The maximum atomic E-state index is 12.8. The molecule has 0 spiro atoms. The number of nitro benzene ring substituents is 1. The highest BCUT2D eigenvalue weighted by Gasteiger charge is 2.25. The van der Waals surface area contributed by atoms with Gasteiger partial charge in [-0.05, 0) is 36.4 Å². The zero-order valence-corrected chi connectivity index (χ0v) is 18.6. The van der Waals surface area contributed by atoms with Crippen molar-refractivity contribution in [2.75, 3.05) is 31.1 Å². The van der Waals surface area contributed by atoms with Crippen molar-refractivity contribution in [3.8, 4) is 0 Å². The maximum Gasteiger partial charge on any atom is 0.289 e. The third-order valence-corrected chi connectivity index (χ3v) is 7.06. The van der Waals surface area contributed by atoms with Crippen molar-refractivity contribution in [2.45, 2.75) is 10.6 Å². The Balaban J connectivity index is 1.35. The lowest BCUT2D eigenvalue weighted by Gasteiger charge is -2.35. The van der Waals surface area contributed by atoms with Gasteiger partial charge in [0.25, 0.3) is 11.6 Å². The topological polar surface area (TPSA) is 96.9 Å². The van der Waals surface area contributed by atoms with Gasteiger partial charge in [-0.15, -0.1) is 0 Å². The van der Waals surface area contributed by atoms with Gasteiger partial charge in [0.05, 0.1) is 31.4 Å². The molecule has 1 amide bonds. The summed E-state index contributed by atoms with van der Waals surface area (Å²) >= 11 is 6.10. The van der Waals surface area contributed by atoms with E-state index in [1.54, 1.807) is 53.4 Å². The minimum absolute atomic E-state index is 0.0478. The van der Waals surface area contributed by atoms with Crippen molar-refractivity contribution in [2.24, 2.45) is 0 Å². The van der Waals surface area contributed by atoms with Crippen LogP contribution in [0.25, 0.3) is 0 Å². The number of carbonyl (C=O) groups is 1. The summed E-state index contributed by atoms with van der Waals surface area (Å²) in [6.07, 6.45) is 0. The number of amides is 1. The average molecular weight is 474 g/mol. The number of anilines is 1. The zero-order valence-electron chi connectivity index (χ0n) is 17.0. The molecule has 4 rings (SSSR count). The minimum atomic E-state index is -1.38. The Labute approximate surface area is 192 Å². The number of carbonyl (C=O) groups excluding carboxylic acids is 1. The molecule has 0 bridgehead atoms. The van der Waals surface area contributed by atoms with E-state index in [2.05, 4.69) is 4.90 Å². The number of hydrogen-bond donors (Lipinski definition) is 0. The molecule has 2 heterocycles. The molecule has 32 heavy (non-hydrogen) atoms. The number of piperazine rings is 1. The Morgan fingerprint density at radius 2 is 1.72 bits per heavy atom. The van der Waals surface area contributed by atoms with Gasteiger partial charge in [-0.25, -0.2) is 0 Å². The number of halogens is 1. The van der Waals surface area contributed by atoms with Gasteiger partial charge in [0, 0.05) is 44.0 Å². The van der Waals surface area contributed by atoms with E-state index in [0.717, 1.165) is 5.69 Å². The van der Waals surface area contributed by atoms with Crippen LogP contribution in [0, 0.1) is 10.1 Å². The quantitative estimate of drug-likeness (QED) is 0.394. The van der Waals surface area contributed by atoms with Crippen molar-refractivity contribution in [3.05, 3.63) is 87.3 Å². The van der Waals surface area contributed by atoms with Gasteiger partial charge >= 0.3 is 0 Å².